The maximum atomic E-state index is 8.94. The minimum absolute atomic E-state index is 0.165. The monoisotopic (exact) mass is 305 g/mol. The third-order valence-electron chi connectivity index (χ3n) is 3.28. The van der Waals surface area contributed by atoms with Gasteiger partial charge in [-0.3, -0.25) is 0 Å². The largest absolute Gasteiger partial charge is 0.395 e. The van der Waals surface area contributed by atoms with Crippen LogP contribution in [0, 0.1) is 0 Å². The second kappa shape index (κ2) is 7.43. The number of aromatic nitrogens is 1. The van der Waals surface area contributed by atoms with Crippen molar-refractivity contribution >= 4 is 22.7 Å². The fraction of sp³-hybridized carbons (Fsp3) is 0.438. The second-order valence-electron chi connectivity index (χ2n) is 5.38. The minimum Gasteiger partial charge on any atom is -0.395 e. The molecule has 0 aliphatic carbocycles. The fourth-order valence-corrected chi connectivity index (χ4v) is 2.81. The van der Waals surface area contributed by atoms with E-state index in [2.05, 4.69) is 53.8 Å². The lowest BCUT2D eigenvalue weighted by Gasteiger charge is -2.18. The molecule has 1 heterocycles. The molecule has 4 nitrogen and oxygen atoms in total. The smallest absolute Gasteiger partial charge is 0.0954 e. The molecule has 0 unspecified atom stereocenters. The van der Waals surface area contributed by atoms with Crippen LogP contribution >= 0.6 is 11.3 Å². The third kappa shape index (κ3) is 4.44. The van der Waals surface area contributed by atoms with Crippen molar-refractivity contribution in [2.75, 3.05) is 30.4 Å². The Balaban J connectivity index is 1.91. The van der Waals surface area contributed by atoms with Crippen LogP contribution in [0.2, 0.25) is 0 Å². The summed E-state index contributed by atoms with van der Waals surface area (Å²) in [6, 6.07) is 8.22. The van der Waals surface area contributed by atoms with E-state index in [0.717, 1.165) is 23.6 Å². The molecule has 0 radical (unpaired) electrons. The van der Waals surface area contributed by atoms with Gasteiger partial charge in [0, 0.05) is 36.3 Å². The molecular weight excluding hydrogens is 282 g/mol. The number of benzene rings is 1. The highest BCUT2D eigenvalue weighted by Crippen LogP contribution is 2.21. The molecule has 114 valence electrons. The zero-order valence-electron chi connectivity index (χ0n) is 12.8. The normalized spacial score (nSPS) is 10.9. The van der Waals surface area contributed by atoms with Gasteiger partial charge in [0.2, 0.25) is 0 Å². The van der Waals surface area contributed by atoms with E-state index in [4.69, 9.17) is 5.11 Å². The van der Waals surface area contributed by atoms with Gasteiger partial charge in [0.15, 0.2) is 0 Å². The molecule has 1 aromatic heterocycles. The van der Waals surface area contributed by atoms with Crippen molar-refractivity contribution < 1.29 is 5.11 Å². The van der Waals surface area contributed by atoms with E-state index in [1.165, 1.54) is 5.01 Å². The predicted molar refractivity (Wildman–Crippen MR) is 90.3 cm³/mol. The van der Waals surface area contributed by atoms with E-state index >= 15 is 0 Å². The average molecular weight is 305 g/mol. The van der Waals surface area contributed by atoms with Gasteiger partial charge in [-0.1, -0.05) is 13.8 Å². The summed E-state index contributed by atoms with van der Waals surface area (Å²) >= 11 is 1.72. The summed E-state index contributed by atoms with van der Waals surface area (Å²) in [6.45, 7) is 5.88. The Kier molecular flexibility index (Phi) is 5.59. The van der Waals surface area contributed by atoms with Crippen molar-refractivity contribution in [3.8, 4) is 0 Å². The summed E-state index contributed by atoms with van der Waals surface area (Å²) < 4.78 is 0. The highest BCUT2D eigenvalue weighted by molar-refractivity contribution is 7.09. The van der Waals surface area contributed by atoms with Gasteiger partial charge in [-0.05, 0) is 24.3 Å². The Morgan fingerprint density at radius 3 is 2.57 bits per heavy atom. The van der Waals surface area contributed by atoms with Gasteiger partial charge in [0.25, 0.3) is 0 Å². The van der Waals surface area contributed by atoms with Crippen molar-refractivity contribution in [1.29, 1.82) is 0 Å². The number of rotatable bonds is 7. The summed E-state index contributed by atoms with van der Waals surface area (Å²) in [5.41, 5.74) is 3.27. The molecule has 0 fully saturated rings. The predicted octanol–water partition coefficient (Wildman–Crippen LogP) is 3.31. The first-order chi connectivity index (χ1) is 10.1. The van der Waals surface area contributed by atoms with Gasteiger partial charge in [-0.25, -0.2) is 4.98 Å². The van der Waals surface area contributed by atoms with Crippen molar-refractivity contribution in [2.24, 2.45) is 0 Å². The van der Waals surface area contributed by atoms with Gasteiger partial charge in [0.1, 0.15) is 0 Å². The Morgan fingerprint density at radius 1 is 1.29 bits per heavy atom. The summed E-state index contributed by atoms with van der Waals surface area (Å²) in [7, 11) is 1.97. The van der Waals surface area contributed by atoms with Crippen molar-refractivity contribution in [3.05, 3.63) is 40.3 Å². The van der Waals surface area contributed by atoms with Crippen LogP contribution < -0.4 is 10.2 Å². The van der Waals surface area contributed by atoms with Crippen LogP contribution in [-0.4, -0.2) is 30.3 Å². The molecule has 5 heteroatoms. The molecule has 2 rings (SSSR count). The highest BCUT2D eigenvalue weighted by atomic mass is 32.1. The number of anilines is 2. The minimum atomic E-state index is 0.165. The fourth-order valence-electron chi connectivity index (χ4n) is 1.97. The molecule has 2 aromatic rings. The summed E-state index contributed by atoms with van der Waals surface area (Å²) in [5.74, 6) is 0.491. The number of likely N-dealkylation sites (N-methyl/N-ethyl adjacent to an activating group) is 1. The van der Waals surface area contributed by atoms with Crippen molar-refractivity contribution in [3.63, 3.8) is 0 Å². The molecule has 0 aliphatic rings. The summed E-state index contributed by atoms with van der Waals surface area (Å²) in [6.07, 6.45) is 0. The average Bonchev–Trinajstić information content (AvgIpc) is 2.95. The number of thiazole rings is 1. The zero-order chi connectivity index (χ0) is 15.2. The van der Waals surface area contributed by atoms with E-state index in [1.807, 2.05) is 11.9 Å². The van der Waals surface area contributed by atoms with Crippen LogP contribution in [0.15, 0.2) is 29.6 Å². The maximum Gasteiger partial charge on any atom is 0.0954 e. The summed E-state index contributed by atoms with van der Waals surface area (Å²) in [5, 5.41) is 15.6. The number of aliphatic hydroxyl groups excluding tert-OH is 1. The van der Waals surface area contributed by atoms with Gasteiger partial charge in [-0.2, -0.15) is 0 Å². The highest BCUT2D eigenvalue weighted by Gasteiger charge is 2.05. The van der Waals surface area contributed by atoms with Gasteiger partial charge in [0.05, 0.1) is 23.9 Å². The van der Waals surface area contributed by atoms with Crippen molar-refractivity contribution in [2.45, 2.75) is 26.3 Å². The number of nitrogens with zero attached hydrogens (tertiary/aromatic N) is 2. The number of aliphatic hydroxyl groups is 1. The Bertz CT molecular complexity index is 551. The molecule has 0 aliphatic heterocycles. The lowest BCUT2D eigenvalue weighted by atomic mass is 10.2. The van der Waals surface area contributed by atoms with E-state index in [1.54, 1.807) is 11.3 Å². The van der Waals surface area contributed by atoms with Gasteiger partial charge in [-0.15, -0.1) is 11.3 Å². The standard InChI is InChI=1S/C16H23N3OS/c1-12(2)16-18-14(11-21-16)10-17-13-4-6-15(7-5-13)19(3)8-9-20/h4-7,11-12,17,20H,8-10H2,1-3H3. The molecule has 2 N–H and O–H groups in total. The van der Waals surface area contributed by atoms with Gasteiger partial charge >= 0.3 is 0 Å². The van der Waals surface area contributed by atoms with Crippen LogP contribution in [0.1, 0.15) is 30.5 Å². The Morgan fingerprint density at radius 2 is 2.00 bits per heavy atom. The second-order valence-corrected chi connectivity index (χ2v) is 6.27. The number of hydrogen-bond acceptors (Lipinski definition) is 5. The molecule has 0 saturated heterocycles. The molecule has 1 aromatic carbocycles. The maximum absolute atomic E-state index is 8.94. The Labute approximate surface area is 130 Å². The molecule has 0 amide bonds. The third-order valence-corrected chi connectivity index (χ3v) is 4.47. The number of hydrogen-bond donors (Lipinski definition) is 2. The van der Waals surface area contributed by atoms with E-state index in [-0.39, 0.29) is 6.61 Å². The SMILES string of the molecule is CC(C)c1nc(CNc2ccc(N(C)CCO)cc2)cs1. The van der Waals surface area contributed by atoms with Crippen LogP contribution in [0.3, 0.4) is 0 Å². The molecular formula is C16H23N3OS. The first kappa shape index (κ1) is 15.8. The first-order valence-corrected chi connectivity index (χ1v) is 8.08. The molecule has 0 atom stereocenters. The molecule has 21 heavy (non-hydrogen) atoms. The van der Waals surface area contributed by atoms with Crippen LogP contribution in [0.25, 0.3) is 0 Å². The van der Waals surface area contributed by atoms with E-state index in [0.29, 0.717) is 12.5 Å². The summed E-state index contributed by atoms with van der Waals surface area (Å²) in [4.78, 5) is 6.64. The van der Waals surface area contributed by atoms with E-state index < -0.39 is 0 Å². The topological polar surface area (TPSA) is 48.4 Å². The number of nitrogens with one attached hydrogen (secondary N) is 1. The lowest BCUT2D eigenvalue weighted by molar-refractivity contribution is 0.304. The molecule has 0 saturated carbocycles. The zero-order valence-corrected chi connectivity index (χ0v) is 13.7. The first-order valence-electron chi connectivity index (χ1n) is 7.20. The van der Waals surface area contributed by atoms with Crippen LogP contribution in [0.4, 0.5) is 11.4 Å². The Hall–Kier alpha value is -1.59. The van der Waals surface area contributed by atoms with Crippen LogP contribution in [-0.2, 0) is 6.54 Å². The van der Waals surface area contributed by atoms with E-state index in [9.17, 15) is 0 Å². The van der Waals surface area contributed by atoms with Crippen molar-refractivity contribution in [1.82, 2.24) is 4.98 Å². The van der Waals surface area contributed by atoms with Gasteiger partial charge < -0.3 is 15.3 Å². The molecule has 0 bridgehead atoms. The molecule has 0 spiro atoms. The quantitative estimate of drug-likeness (QED) is 0.824. The van der Waals surface area contributed by atoms with Crippen LogP contribution in [0.5, 0.6) is 0 Å². The lowest BCUT2D eigenvalue weighted by Crippen LogP contribution is -2.20.